The predicted octanol–water partition coefficient (Wildman–Crippen LogP) is 2.98. The normalized spacial score (nSPS) is 21.0. The van der Waals surface area contributed by atoms with Crippen molar-refractivity contribution in [2.75, 3.05) is 51.0 Å². The first-order valence-electron chi connectivity index (χ1n) is 11.6. The molecule has 6 rings (SSSR count). The highest BCUT2D eigenvalue weighted by Crippen LogP contribution is 2.33. The summed E-state index contributed by atoms with van der Waals surface area (Å²) in [7, 11) is 0. The monoisotopic (exact) mass is 465 g/mol. The number of carbonyl (C=O) groups excluding carboxylic acids is 1. The quantitative estimate of drug-likeness (QED) is 0.587. The fourth-order valence-electron chi connectivity index (χ4n) is 4.93. The molecular formula is C24H27N5O3S. The first-order valence-corrected chi connectivity index (χ1v) is 12.4. The second-order valence-electron chi connectivity index (χ2n) is 8.90. The van der Waals surface area contributed by atoms with Crippen LogP contribution in [0.5, 0.6) is 11.5 Å². The summed E-state index contributed by atoms with van der Waals surface area (Å²) < 4.78 is 12.0. The predicted molar refractivity (Wildman–Crippen MR) is 127 cm³/mol. The fraction of sp³-hybridized carbons (Fsp3) is 0.458. The summed E-state index contributed by atoms with van der Waals surface area (Å²) in [5, 5.41) is 0.981. The number of hydrogen-bond donors (Lipinski definition) is 0. The zero-order valence-electron chi connectivity index (χ0n) is 18.5. The van der Waals surface area contributed by atoms with Crippen LogP contribution >= 0.6 is 11.3 Å². The molecule has 33 heavy (non-hydrogen) atoms. The van der Waals surface area contributed by atoms with Crippen LogP contribution in [0.1, 0.15) is 18.4 Å². The van der Waals surface area contributed by atoms with E-state index in [-0.39, 0.29) is 5.92 Å². The van der Waals surface area contributed by atoms with Crippen molar-refractivity contribution < 1.29 is 14.3 Å². The molecule has 0 spiro atoms. The van der Waals surface area contributed by atoms with Crippen LogP contribution in [0.15, 0.2) is 36.5 Å². The number of aromatic nitrogens is 2. The van der Waals surface area contributed by atoms with Gasteiger partial charge in [-0.15, -0.1) is 0 Å². The SMILES string of the molecule is O=C(C1CCCN(c2nc3ncccc3s2)C1)N1CCN(Cc2ccc3c(c2)OCO3)CC1. The van der Waals surface area contributed by atoms with Gasteiger partial charge in [0, 0.05) is 52.0 Å². The molecule has 2 saturated heterocycles. The Morgan fingerprint density at radius 2 is 1.97 bits per heavy atom. The van der Waals surface area contributed by atoms with Gasteiger partial charge in [-0.05, 0) is 42.7 Å². The van der Waals surface area contributed by atoms with Crippen LogP contribution in [0.25, 0.3) is 10.3 Å². The molecule has 3 aromatic rings. The lowest BCUT2D eigenvalue weighted by Crippen LogP contribution is -2.52. The molecule has 0 N–H and O–H groups in total. The number of ether oxygens (including phenoxy) is 2. The van der Waals surface area contributed by atoms with Crippen molar-refractivity contribution in [1.29, 1.82) is 0 Å². The third-order valence-corrected chi connectivity index (χ3v) is 7.79. The van der Waals surface area contributed by atoms with E-state index in [4.69, 9.17) is 14.5 Å². The maximum atomic E-state index is 13.3. The summed E-state index contributed by atoms with van der Waals surface area (Å²) in [6.07, 6.45) is 3.75. The summed E-state index contributed by atoms with van der Waals surface area (Å²) >= 11 is 1.67. The number of anilines is 1. The number of rotatable bonds is 4. The number of thiazole rings is 1. The molecule has 0 bridgehead atoms. The molecule has 172 valence electrons. The van der Waals surface area contributed by atoms with E-state index in [1.807, 2.05) is 12.1 Å². The molecule has 3 aliphatic heterocycles. The molecule has 0 aliphatic carbocycles. The van der Waals surface area contributed by atoms with Crippen molar-refractivity contribution in [2.45, 2.75) is 19.4 Å². The third-order valence-electron chi connectivity index (χ3n) is 6.72. The van der Waals surface area contributed by atoms with E-state index < -0.39 is 0 Å². The highest BCUT2D eigenvalue weighted by Gasteiger charge is 2.32. The van der Waals surface area contributed by atoms with Crippen molar-refractivity contribution in [3.8, 4) is 11.5 Å². The van der Waals surface area contributed by atoms with Gasteiger partial charge in [-0.3, -0.25) is 9.69 Å². The number of fused-ring (bicyclic) bond motifs is 2. The van der Waals surface area contributed by atoms with Gasteiger partial charge in [0.05, 0.1) is 10.6 Å². The number of amides is 1. The van der Waals surface area contributed by atoms with Crippen LogP contribution in [0.3, 0.4) is 0 Å². The molecule has 2 fully saturated rings. The van der Waals surface area contributed by atoms with E-state index >= 15 is 0 Å². The molecule has 0 radical (unpaired) electrons. The van der Waals surface area contributed by atoms with Crippen molar-refractivity contribution in [1.82, 2.24) is 19.8 Å². The number of hydrogen-bond acceptors (Lipinski definition) is 8. The van der Waals surface area contributed by atoms with E-state index in [0.717, 1.165) is 85.6 Å². The van der Waals surface area contributed by atoms with Gasteiger partial charge in [-0.25, -0.2) is 4.98 Å². The second-order valence-corrected chi connectivity index (χ2v) is 9.90. The Morgan fingerprint density at radius 1 is 1.09 bits per heavy atom. The van der Waals surface area contributed by atoms with Crippen LogP contribution in [0, 0.1) is 5.92 Å². The average Bonchev–Trinajstić information content (AvgIpc) is 3.51. The summed E-state index contributed by atoms with van der Waals surface area (Å²) in [4.78, 5) is 29.1. The van der Waals surface area contributed by atoms with Crippen LogP contribution in [0.4, 0.5) is 5.13 Å². The Bertz CT molecular complexity index is 1130. The molecule has 5 heterocycles. The van der Waals surface area contributed by atoms with Gasteiger partial charge in [0.2, 0.25) is 12.7 Å². The number of benzene rings is 1. The van der Waals surface area contributed by atoms with Gasteiger partial charge in [0.15, 0.2) is 22.3 Å². The maximum absolute atomic E-state index is 13.3. The molecule has 3 aliphatic rings. The minimum atomic E-state index is 0.0409. The van der Waals surface area contributed by atoms with E-state index in [9.17, 15) is 4.79 Å². The first-order chi connectivity index (χ1) is 16.2. The minimum absolute atomic E-state index is 0.0409. The van der Waals surface area contributed by atoms with E-state index in [2.05, 4.69) is 37.9 Å². The van der Waals surface area contributed by atoms with Gasteiger partial charge in [0.25, 0.3) is 0 Å². The molecule has 0 saturated carbocycles. The fourth-order valence-corrected chi connectivity index (χ4v) is 5.89. The molecule has 1 aromatic carbocycles. The molecule has 1 atom stereocenters. The number of pyridine rings is 1. The van der Waals surface area contributed by atoms with Crippen LogP contribution in [-0.4, -0.2) is 71.7 Å². The number of carbonyl (C=O) groups is 1. The standard InChI is InChI=1S/C24H27N5O3S/c30-23(18-3-2-8-29(15-18)24-26-22-21(33-24)4-1-7-25-22)28-11-9-27(10-12-28)14-17-5-6-19-20(13-17)32-16-31-19/h1,4-7,13,18H,2-3,8-12,14-16H2. The zero-order chi connectivity index (χ0) is 22.2. The summed E-state index contributed by atoms with van der Waals surface area (Å²) in [6, 6.07) is 10.1. The lowest BCUT2D eigenvalue weighted by atomic mass is 9.96. The maximum Gasteiger partial charge on any atom is 0.231 e. The summed E-state index contributed by atoms with van der Waals surface area (Å²) in [5.74, 6) is 1.98. The smallest absolute Gasteiger partial charge is 0.231 e. The number of piperidine rings is 1. The van der Waals surface area contributed by atoms with Gasteiger partial charge >= 0.3 is 0 Å². The van der Waals surface area contributed by atoms with Crippen LogP contribution < -0.4 is 14.4 Å². The first kappa shape index (κ1) is 20.7. The van der Waals surface area contributed by atoms with Crippen molar-refractivity contribution in [2.24, 2.45) is 5.92 Å². The van der Waals surface area contributed by atoms with E-state index in [0.29, 0.717) is 12.7 Å². The van der Waals surface area contributed by atoms with E-state index in [1.165, 1.54) is 5.56 Å². The largest absolute Gasteiger partial charge is 0.454 e. The Morgan fingerprint density at radius 3 is 2.85 bits per heavy atom. The van der Waals surface area contributed by atoms with Gasteiger partial charge in [-0.1, -0.05) is 17.4 Å². The number of nitrogens with zero attached hydrogens (tertiary/aromatic N) is 5. The minimum Gasteiger partial charge on any atom is -0.454 e. The highest BCUT2D eigenvalue weighted by molar-refractivity contribution is 7.22. The summed E-state index contributed by atoms with van der Waals surface area (Å²) in [6.45, 7) is 6.20. The van der Waals surface area contributed by atoms with Gasteiger partial charge in [0.1, 0.15) is 0 Å². The summed E-state index contributed by atoms with van der Waals surface area (Å²) in [5.41, 5.74) is 2.01. The molecule has 2 aromatic heterocycles. The van der Waals surface area contributed by atoms with Gasteiger partial charge in [-0.2, -0.15) is 4.98 Å². The molecule has 1 unspecified atom stereocenters. The van der Waals surface area contributed by atoms with E-state index in [1.54, 1.807) is 17.5 Å². The molecular weight excluding hydrogens is 438 g/mol. The van der Waals surface area contributed by atoms with Crippen LogP contribution in [-0.2, 0) is 11.3 Å². The Hall–Kier alpha value is -2.91. The van der Waals surface area contributed by atoms with Crippen molar-refractivity contribution in [3.05, 3.63) is 42.1 Å². The van der Waals surface area contributed by atoms with Crippen molar-refractivity contribution >= 4 is 32.7 Å². The highest BCUT2D eigenvalue weighted by atomic mass is 32.1. The topological polar surface area (TPSA) is 71.0 Å². The van der Waals surface area contributed by atoms with Crippen molar-refractivity contribution in [3.63, 3.8) is 0 Å². The molecule has 9 heteroatoms. The lowest BCUT2D eigenvalue weighted by Gasteiger charge is -2.39. The zero-order valence-corrected chi connectivity index (χ0v) is 19.3. The number of piperazine rings is 1. The molecule has 1 amide bonds. The Kier molecular flexibility index (Phi) is 5.51. The lowest BCUT2D eigenvalue weighted by molar-refractivity contribution is -0.137. The third kappa shape index (κ3) is 4.22. The average molecular weight is 466 g/mol. The molecule has 8 nitrogen and oxygen atoms in total. The second kappa shape index (κ2) is 8.79. The Balaban J connectivity index is 1.04. The Labute approximate surface area is 196 Å². The van der Waals surface area contributed by atoms with Gasteiger partial charge < -0.3 is 19.3 Å². The van der Waals surface area contributed by atoms with Crippen LogP contribution in [0.2, 0.25) is 0 Å².